The van der Waals surface area contributed by atoms with Gasteiger partial charge in [-0.25, -0.2) is 0 Å². The monoisotopic (exact) mass is 212 g/mol. The number of rotatable bonds is 5. The van der Waals surface area contributed by atoms with Crippen molar-refractivity contribution in [3.63, 3.8) is 0 Å². The van der Waals surface area contributed by atoms with Crippen LogP contribution in [0, 0.1) is 6.92 Å². The second-order valence-corrected chi connectivity index (χ2v) is 4.78. The van der Waals surface area contributed by atoms with E-state index in [1.807, 2.05) is 25.1 Å². The first kappa shape index (κ1) is 11.3. The number of hydrogen-bond donors (Lipinski definition) is 1. The average molecular weight is 212 g/mol. The molecule has 0 bridgehead atoms. The van der Waals surface area contributed by atoms with Crippen LogP contribution < -0.4 is 5.32 Å². The molecule has 1 rings (SSSR count). The average Bonchev–Trinajstić information content (AvgIpc) is 2.12. The van der Waals surface area contributed by atoms with Gasteiger partial charge in [0.15, 0.2) is 0 Å². The third-order valence-corrected chi connectivity index (χ3v) is 2.60. The summed E-state index contributed by atoms with van der Waals surface area (Å²) < 4.78 is 10.8. The first-order valence-electron chi connectivity index (χ1n) is 4.62. The van der Waals surface area contributed by atoms with Crippen LogP contribution in [0.4, 0.5) is 0 Å². The zero-order valence-electron chi connectivity index (χ0n) is 8.62. The van der Waals surface area contributed by atoms with Crippen LogP contribution in [0.2, 0.25) is 0 Å². The smallest absolute Gasteiger partial charge is 0.0544 e. The molecule has 0 radical (unpaired) electrons. The summed E-state index contributed by atoms with van der Waals surface area (Å²) in [7, 11) is -0.711. The molecule has 1 unspecified atom stereocenters. The molecular formula is C10H16N2OS. The Kier molecular flexibility index (Phi) is 4.76. The molecule has 14 heavy (non-hydrogen) atoms. The highest BCUT2D eigenvalue weighted by Gasteiger charge is 1.95. The van der Waals surface area contributed by atoms with Gasteiger partial charge in [0.05, 0.1) is 5.69 Å². The Balaban J connectivity index is 2.28. The molecule has 1 aromatic rings. The molecule has 1 heterocycles. The van der Waals surface area contributed by atoms with Crippen molar-refractivity contribution >= 4 is 10.8 Å². The van der Waals surface area contributed by atoms with E-state index >= 15 is 0 Å². The third kappa shape index (κ3) is 4.48. The fraction of sp³-hybridized carbons (Fsp3) is 0.500. The number of nitrogens with zero attached hydrogens (tertiary/aromatic N) is 1. The first-order chi connectivity index (χ1) is 6.68. The second kappa shape index (κ2) is 5.88. The van der Waals surface area contributed by atoms with Crippen molar-refractivity contribution in [3.8, 4) is 0 Å². The number of nitrogens with one attached hydrogen (secondary N) is 1. The molecule has 3 nitrogen and oxygen atoms in total. The summed E-state index contributed by atoms with van der Waals surface area (Å²) >= 11 is 0. The molecule has 0 saturated carbocycles. The maximum atomic E-state index is 10.8. The van der Waals surface area contributed by atoms with Crippen LogP contribution in [0.5, 0.6) is 0 Å². The third-order valence-electron chi connectivity index (χ3n) is 1.82. The lowest BCUT2D eigenvalue weighted by molar-refractivity contribution is 0.673. The van der Waals surface area contributed by atoms with Gasteiger partial charge >= 0.3 is 0 Å². The van der Waals surface area contributed by atoms with Crippen LogP contribution in [0.25, 0.3) is 0 Å². The van der Waals surface area contributed by atoms with E-state index in [9.17, 15) is 4.21 Å². The van der Waals surface area contributed by atoms with Gasteiger partial charge in [-0.05, 0) is 19.1 Å². The number of aromatic nitrogens is 1. The predicted octanol–water partition coefficient (Wildman–Crippen LogP) is 0.858. The molecule has 0 saturated heterocycles. The lowest BCUT2D eigenvalue weighted by atomic mass is 10.3. The Morgan fingerprint density at radius 2 is 2.29 bits per heavy atom. The summed E-state index contributed by atoms with van der Waals surface area (Å²) in [5.74, 6) is 0.700. The summed E-state index contributed by atoms with van der Waals surface area (Å²) in [5.41, 5.74) is 2.07. The van der Waals surface area contributed by atoms with Crippen molar-refractivity contribution in [2.45, 2.75) is 13.5 Å². The number of hydrogen-bond acceptors (Lipinski definition) is 3. The van der Waals surface area contributed by atoms with E-state index < -0.39 is 10.8 Å². The van der Waals surface area contributed by atoms with Gasteiger partial charge in [-0.3, -0.25) is 9.19 Å². The van der Waals surface area contributed by atoms with Crippen LogP contribution >= 0.6 is 0 Å². The minimum atomic E-state index is -0.711. The minimum Gasteiger partial charge on any atom is -0.310 e. The molecule has 4 heteroatoms. The molecule has 1 atom stereocenters. The van der Waals surface area contributed by atoms with Gasteiger partial charge < -0.3 is 5.32 Å². The standard InChI is InChI=1S/C10H16N2OS/c1-9-4-3-5-10(12-9)8-11-6-7-14(2)13/h3-5,11H,6-8H2,1-2H3. The molecule has 0 fully saturated rings. The molecule has 0 aliphatic rings. The molecule has 0 aliphatic carbocycles. The summed E-state index contributed by atoms with van der Waals surface area (Å²) in [6, 6.07) is 5.96. The summed E-state index contributed by atoms with van der Waals surface area (Å²) in [5, 5.41) is 3.20. The molecule has 0 amide bonds. The highest BCUT2D eigenvalue weighted by molar-refractivity contribution is 7.84. The predicted molar refractivity (Wildman–Crippen MR) is 59.6 cm³/mol. The lowest BCUT2D eigenvalue weighted by Gasteiger charge is -2.03. The van der Waals surface area contributed by atoms with Gasteiger partial charge in [-0.15, -0.1) is 0 Å². The summed E-state index contributed by atoms with van der Waals surface area (Å²) in [4.78, 5) is 4.35. The van der Waals surface area contributed by atoms with Crippen LogP contribution in [-0.4, -0.2) is 27.7 Å². The minimum absolute atomic E-state index is 0.700. The largest absolute Gasteiger partial charge is 0.310 e. The fourth-order valence-electron chi connectivity index (χ4n) is 1.13. The van der Waals surface area contributed by atoms with Gasteiger partial charge in [-0.1, -0.05) is 6.07 Å². The Bertz CT molecular complexity index is 315. The van der Waals surface area contributed by atoms with Crippen LogP contribution in [0.15, 0.2) is 18.2 Å². The van der Waals surface area contributed by atoms with E-state index in [0.717, 1.165) is 24.5 Å². The molecule has 1 aromatic heterocycles. The van der Waals surface area contributed by atoms with Crippen molar-refractivity contribution < 1.29 is 4.21 Å². The van der Waals surface area contributed by atoms with Crippen molar-refractivity contribution in [1.82, 2.24) is 10.3 Å². The topological polar surface area (TPSA) is 42.0 Å². The van der Waals surface area contributed by atoms with Crippen LogP contribution in [0.3, 0.4) is 0 Å². The van der Waals surface area contributed by atoms with Crippen molar-refractivity contribution in [1.29, 1.82) is 0 Å². The van der Waals surface area contributed by atoms with E-state index in [1.165, 1.54) is 0 Å². The quantitative estimate of drug-likeness (QED) is 0.736. The van der Waals surface area contributed by atoms with Crippen molar-refractivity contribution in [3.05, 3.63) is 29.6 Å². The second-order valence-electron chi connectivity index (χ2n) is 3.22. The summed E-state index contributed by atoms with van der Waals surface area (Å²) in [6.45, 7) is 3.50. The highest BCUT2D eigenvalue weighted by atomic mass is 32.2. The Morgan fingerprint density at radius 3 is 2.93 bits per heavy atom. The van der Waals surface area contributed by atoms with E-state index in [0.29, 0.717) is 5.75 Å². The fourth-order valence-corrected chi connectivity index (χ4v) is 1.56. The van der Waals surface area contributed by atoms with E-state index in [1.54, 1.807) is 6.26 Å². The van der Waals surface area contributed by atoms with Gasteiger partial charge in [-0.2, -0.15) is 0 Å². The summed E-state index contributed by atoms with van der Waals surface area (Å²) in [6.07, 6.45) is 1.71. The highest BCUT2D eigenvalue weighted by Crippen LogP contribution is 1.96. The van der Waals surface area contributed by atoms with Crippen molar-refractivity contribution in [2.75, 3.05) is 18.6 Å². The van der Waals surface area contributed by atoms with E-state index in [-0.39, 0.29) is 0 Å². The lowest BCUT2D eigenvalue weighted by Crippen LogP contribution is -2.20. The van der Waals surface area contributed by atoms with Crippen LogP contribution in [0.1, 0.15) is 11.4 Å². The van der Waals surface area contributed by atoms with Gasteiger partial charge in [0.2, 0.25) is 0 Å². The molecule has 1 N–H and O–H groups in total. The Hall–Kier alpha value is -0.740. The van der Waals surface area contributed by atoms with Gasteiger partial charge in [0, 0.05) is 41.6 Å². The maximum absolute atomic E-state index is 10.8. The molecule has 0 aromatic carbocycles. The molecular weight excluding hydrogens is 196 g/mol. The normalized spacial score (nSPS) is 12.7. The molecule has 0 spiro atoms. The zero-order chi connectivity index (χ0) is 10.4. The maximum Gasteiger partial charge on any atom is 0.0544 e. The molecule has 0 aliphatic heterocycles. The first-order valence-corrected chi connectivity index (χ1v) is 6.34. The van der Waals surface area contributed by atoms with Crippen molar-refractivity contribution in [2.24, 2.45) is 0 Å². The number of pyridine rings is 1. The van der Waals surface area contributed by atoms with E-state index in [4.69, 9.17) is 0 Å². The Morgan fingerprint density at radius 1 is 1.50 bits per heavy atom. The Labute approximate surface area is 87.4 Å². The van der Waals surface area contributed by atoms with Crippen LogP contribution in [-0.2, 0) is 17.3 Å². The van der Waals surface area contributed by atoms with E-state index in [2.05, 4.69) is 10.3 Å². The van der Waals surface area contributed by atoms with Gasteiger partial charge in [0.25, 0.3) is 0 Å². The number of aryl methyl sites for hydroxylation is 1. The SMILES string of the molecule is Cc1cccc(CNCCS(C)=O)n1. The zero-order valence-corrected chi connectivity index (χ0v) is 9.43. The molecule has 78 valence electrons. The van der Waals surface area contributed by atoms with Gasteiger partial charge in [0.1, 0.15) is 0 Å².